The average Bonchev–Trinajstić information content (AvgIpc) is 2.80. The molecule has 1 atom stereocenters. The number of hydrogen-bond acceptors (Lipinski definition) is 3. The smallest absolute Gasteiger partial charge is 0.0337 e. The summed E-state index contributed by atoms with van der Waals surface area (Å²) in [6.45, 7) is 7.79. The Bertz CT molecular complexity index is 379. The Labute approximate surface area is 122 Å². The van der Waals surface area contributed by atoms with Gasteiger partial charge in [0.15, 0.2) is 0 Å². The van der Waals surface area contributed by atoms with Crippen LogP contribution in [0.2, 0.25) is 0 Å². The standard InChI is InChI=1S/C16H28N2S/c1-12(2)14-9-16(10-14,11-17)18(4)13(3)8-15-6-5-7-19-15/h5-7,12-14H,8-11,17H2,1-4H3. The van der Waals surface area contributed by atoms with Gasteiger partial charge in [-0.05, 0) is 56.5 Å². The van der Waals surface area contributed by atoms with Crippen molar-refractivity contribution in [2.24, 2.45) is 17.6 Å². The Kier molecular flexibility index (Phi) is 4.70. The van der Waals surface area contributed by atoms with E-state index in [0.29, 0.717) is 6.04 Å². The highest BCUT2D eigenvalue weighted by Crippen LogP contribution is 2.45. The molecule has 0 aliphatic heterocycles. The largest absolute Gasteiger partial charge is 0.329 e. The van der Waals surface area contributed by atoms with Crippen molar-refractivity contribution in [3.8, 4) is 0 Å². The summed E-state index contributed by atoms with van der Waals surface area (Å²) in [6.07, 6.45) is 3.68. The van der Waals surface area contributed by atoms with Crippen LogP contribution in [0, 0.1) is 11.8 Å². The van der Waals surface area contributed by atoms with E-state index in [9.17, 15) is 0 Å². The zero-order valence-electron chi connectivity index (χ0n) is 12.7. The first-order chi connectivity index (χ1) is 8.98. The van der Waals surface area contributed by atoms with Crippen LogP contribution in [0.15, 0.2) is 17.5 Å². The van der Waals surface area contributed by atoms with E-state index in [4.69, 9.17) is 5.73 Å². The van der Waals surface area contributed by atoms with E-state index in [1.165, 1.54) is 17.7 Å². The van der Waals surface area contributed by atoms with E-state index in [2.05, 4.69) is 50.2 Å². The zero-order chi connectivity index (χ0) is 14.0. The molecular weight excluding hydrogens is 252 g/mol. The average molecular weight is 280 g/mol. The summed E-state index contributed by atoms with van der Waals surface area (Å²) in [6, 6.07) is 4.95. The van der Waals surface area contributed by atoms with E-state index in [0.717, 1.165) is 24.8 Å². The van der Waals surface area contributed by atoms with Gasteiger partial charge in [0.1, 0.15) is 0 Å². The minimum Gasteiger partial charge on any atom is -0.329 e. The monoisotopic (exact) mass is 280 g/mol. The summed E-state index contributed by atoms with van der Waals surface area (Å²) in [7, 11) is 2.27. The fourth-order valence-electron chi connectivity index (χ4n) is 3.31. The molecule has 108 valence electrons. The fourth-order valence-corrected chi connectivity index (χ4v) is 4.14. The van der Waals surface area contributed by atoms with E-state index < -0.39 is 0 Å². The molecule has 1 aliphatic carbocycles. The first-order valence-corrected chi connectivity index (χ1v) is 8.32. The van der Waals surface area contributed by atoms with E-state index in [-0.39, 0.29) is 5.54 Å². The molecule has 1 aromatic rings. The third kappa shape index (κ3) is 3.04. The third-order valence-corrected chi connectivity index (χ3v) is 5.99. The van der Waals surface area contributed by atoms with Crippen molar-refractivity contribution in [2.45, 2.75) is 51.6 Å². The number of nitrogens with two attached hydrogens (primary N) is 1. The van der Waals surface area contributed by atoms with E-state index in [1.807, 2.05) is 11.3 Å². The first-order valence-electron chi connectivity index (χ1n) is 7.44. The minimum absolute atomic E-state index is 0.256. The SMILES string of the molecule is CC(C)C1CC(CN)(N(C)C(C)Cc2cccs2)C1. The molecule has 0 radical (unpaired) electrons. The van der Waals surface area contributed by atoms with Crippen LogP contribution in [0.25, 0.3) is 0 Å². The van der Waals surface area contributed by atoms with Crippen LogP contribution >= 0.6 is 11.3 Å². The normalized spacial score (nSPS) is 28.7. The lowest BCUT2D eigenvalue weighted by molar-refractivity contribution is -0.0392. The van der Waals surface area contributed by atoms with Crippen LogP contribution in [0.1, 0.15) is 38.5 Å². The molecule has 0 saturated heterocycles. The van der Waals surface area contributed by atoms with Gasteiger partial charge in [0, 0.05) is 23.0 Å². The van der Waals surface area contributed by atoms with Gasteiger partial charge in [0.2, 0.25) is 0 Å². The van der Waals surface area contributed by atoms with Crippen molar-refractivity contribution in [2.75, 3.05) is 13.6 Å². The molecule has 1 aliphatic rings. The summed E-state index contributed by atoms with van der Waals surface area (Å²) in [5.74, 6) is 1.65. The Morgan fingerprint density at radius 2 is 2.11 bits per heavy atom. The second-order valence-electron chi connectivity index (χ2n) is 6.58. The van der Waals surface area contributed by atoms with Crippen molar-refractivity contribution in [1.29, 1.82) is 0 Å². The highest BCUT2D eigenvalue weighted by atomic mass is 32.1. The van der Waals surface area contributed by atoms with E-state index >= 15 is 0 Å². The molecule has 1 unspecified atom stereocenters. The fraction of sp³-hybridized carbons (Fsp3) is 0.750. The number of nitrogens with zero attached hydrogens (tertiary/aromatic N) is 1. The predicted molar refractivity (Wildman–Crippen MR) is 84.6 cm³/mol. The second kappa shape index (κ2) is 5.94. The number of rotatable bonds is 6. The van der Waals surface area contributed by atoms with Gasteiger partial charge in [-0.1, -0.05) is 19.9 Å². The molecular formula is C16H28N2S. The molecule has 2 nitrogen and oxygen atoms in total. The Morgan fingerprint density at radius 1 is 1.42 bits per heavy atom. The summed E-state index contributed by atoms with van der Waals surface area (Å²) in [5, 5.41) is 2.17. The van der Waals surface area contributed by atoms with Gasteiger partial charge in [-0.15, -0.1) is 11.3 Å². The highest BCUT2D eigenvalue weighted by molar-refractivity contribution is 7.09. The van der Waals surface area contributed by atoms with Crippen LogP contribution in [0.4, 0.5) is 0 Å². The Morgan fingerprint density at radius 3 is 2.58 bits per heavy atom. The molecule has 19 heavy (non-hydrogen) atoms. The maximum atomic E-state index is 6.10. The van der Waals surface area contributed by atoms with Gasteiger partial charge >= 0.3 is 0 Å². The molecule has 0 aromatic carbocycles. The molecule has 0 spiro atoms. The van der Waals surface area contributed by atoms with Crippen LogP contribution in [-0.2, 0) is 6.42 Å². The molecule has 1 fully saturated rings. The van der Waals surface area contributed by atoms with Gasteiger partial charge in [0.05, 0.1) is 0 Å². The van der Waals surface area contributed by atoms with Crippen LogP contribution < -0.4 is 5.73 Å². The highest BCUT2D eigenvalue weighted by Gasteiger charge is 2.47. The molecule has 1 saturated carbocycles. The van der Waals surface area contributed by atoms with Crippen LogP contribution in [-0.4, -0.2) is 30.1 Å². The predicted octanol–water partition coefficient (Wildman–Crippen LogP) is 3.37. The summed E-state index contributed by atoms with van der Waals surface area (Å²) in [4.78, 5) is 4.03. The number of hydrogen-bond donors (Lipinski definition) is 1. The second-order valence-corrected chi connectivity index (χ2v) is 7.62. The first kappa shape index (κ1) is 15.0. The zero-order valence-corrected chi connectivity index (χ0v) is 13.5. The quantitative estimate of drug-likeness (QED) is 0.865. The van der Waals surface area contributed by atoms with Crippen molar-refractivity contribution in [3.05, 3.63) is 22.4 Å². The topological polar surface area (TPSA) is 29.3 Å². The lowest BCUT2D eigenvalue weighted by atomic mass is 9.63. The molecule has 2 rings (SSSR count). The van der Waals surface area contributed by atoms with Crippen molar-refractivity contribution in [1.82, 2.24) is 4.90 Å². The summed E-state index contributed by atoms with van der Waals surface area (Å²) >= 11 is 1.86. The van der Waals surface area contributed by atoms with Crippen LogP contribution in [0.3, 0.4) is 0 Å². The minimum atomic E-state index is 0.256. The molecule has 0 bridgehead atoms. The van der Waals surface area contributed by atoms with Gasteiger partial charge < -0.3 is 5.73 Å². The molecule has 1 aromatic heterocycles. The number of likely N-dealkylation sites (N-methyl/N-ethyl adjacent to an activating group) is 1. The molecule has 0 amide bonds. The maximum Gasteiger partial charge on any atom is 0.0337 e. The van der Waals surface area contributed by atoms with Crippen molar-refractivity contribution < 1.29 is 0 Å². The van der Waals surface area contributed by atoms with Crippen molar-refractivity contribution in [3.63, 3.8) is 0 Å². The number of thiophene rings is 1. The van der Waals surface area contributed by atoms with Gasteiger partial charge in [-0.25, -0.2) is 0 Å². The Balaban J connectivity index is 1.95. The summed E-state index contributed by atoms with van der Waals surface area (Å²) < 4.78 is 0. The summed E-state index contributed by atoms with van der Waals surface area (Å²) in [5.41, 5.74) is 6.36. The molecule has 3 heteroatoms. The molecule has 2 N–H and O–H groups in total. The van der Waals surface area contributed by atoms with E-state index in [1.54, 1.807) is 0 Å². The van der Waals surface area contributed by atoms with Gasteiger partial charge in [-0.2, -0.15) is 0 Å². The third-order valence-electron chi connectivity index (χ3n) is 5.09. The lowest BCUT2D eigenvalue weighted by Crippen LogP contribution is -2.63. The van der Waals surface area contributed by atoms with Gasteiger partial charge in [-0.3, -0.25) is 4.90 Å². The lowest BCUT2D eigenvalue weighted by Gasteiger charge is -2.56. The van der Waals surface area contributed by atoms with Crippen molar-refractivity contribution >= 4 is 11.3 Å². The van der Waals surface area contributed by atoms with Gasteiger partial charge in [0.25, 0.3) is 0 Å². The van der Waals surface area contributed by atoms with Crippen LogP contribution in [0.5, 0.6) is 0 Å². The molecule has 1 heterocycles. The maximum absolute atomic E-state index is 6.10. The Hall–Kier alpha value is -0.380.